The summed E-state index contributed by atoms with van der Waals surface area (Å²) in [7, 11) is 0. The summed E-state index contributed by atoms with van der Waals surface area (Å²) in [5.74, 6) is 2.60. The standard InChI is InChI=1S/C13H21NS/c1-8(2)11-7-12(9(3)4)14-13-10(11)5-6-15-13/h7-9,12,14H,5-6H2,1-4H3. The van der Waals surface area contributed by atoms with Gasteiger partial charge in [-0.05, 0) is 29.4 Å². The zero-order valence-electron chi connectivity index (χ0n) is 10.1. The van der Waals surface area contributed by atoms with Crippen LogP contribution in [0.2, 0.25) is 0 Å². The van der Waals surface area contributed by atoms with E-state index >= 15 is 0 Å². The van der Waals surface area contributed by atoms with E-state index in [1.54, 1.807) is 11.1 Å². The largest absolute Gasteiger partial charge is 0.373 e. The topological polar surface area (TPSA) is 12.0 Å². The van der Waals surface area contributed by atoms with Gasteiger partial charge in [-0.25, -0.2) is 0 Å². The highest BCUT2D eigenvalue weighted by Gasteiger charge is 2.27. The number of hydrogen-bond donors (Lipinski definition) is 1. The molecule has 0 aromatic heterocycles. The minimum atomic E-state index is 0.534. The van der Waals surface area contributed by atoms with Gasteiger partial charge in [-0.2, -0.15) is 0 Å². The monoisotopic (exact) mass is 223 g/mol. The Bertz CT molecular complexity index is 312. The molecule has 1 N–H and O–H groups in total. The molecule has 2 heterocycles. The van der Waals surface area contributed by atoms with Gasteiger partial charge in [0.05, 0.1) is 5.03 Å². The molecule has 1 nitrogen and oxygen atoms in total. The van der Waals surface area contributed by atoms with Crippen molar-refractivity contribution in [1.29, 1.82) is 0 Å². The van der Waals surface area contributed by atoms with Crippen LogP contribution in [0, 0.1) is 11.8 Å². The van der Waals surface area contributed by atoms with Crippen molar-refractivity contribution in [3.05, 3.63) is 22.3 Å². The van der Waals surface area contributed by atoms with Crippen molar-refractivity contribution in [2.45, 2.75) is 40.2 Å². The lowest BCUT2D eigenvalue weighted by atomic mass is 9.87. The van der Waals surface area contributed by atoms with E-state index < -0.39 is 0 Å². The second-order valence-corrected chi connectivity index (χ2v) is 6.20. The molecule has 2 aliphatic heterocycles. The number of nitrogens with one attached hydrogen (secondary N) is 1. The maximum Gasteiger partial charge on any atom is 0.0721 e. The Hall–Kier alpha value is -0.370. The highest BCUT2D eigenvalue weighted by atomic mass is 32.2. The molecule has 0 radical (unpaired) electrons. The maximum absolute atomic E-state index is 3.67. The number of thioether (sulfide) groups is 1. The predicted octanol–water partition coefficient (Wildman–Crippen LogP) is 3.55. The van der Waals surface area contributed by atoms with E-state index in [-0.39, 0.29) is 0 Å². The van der Waals surface area contributed by atoms with Crippen LogP contribution in [0.1, 0.15) is 34.1 Å². The molecule has 1 atom stereocenters. The zero-order valence-corrected chi connectivity index (χ0v) is 10.9. The molecule has 0 aromatic carbocycles. The van der Waals surface area contributed by atoms with E-state index in [1.807, 2.05) is 11.8 Å². The van der Waals surface area contributed by atoms with Gasteiger partial charge in [0.25, 0.3) is 0 Å². The zero-order chi connectivity index (χ0) is 11.0. The van der Waals surface area contributed by atoms with Crippen LogP contribution in [0.25, 0.3) is 0 Å². The molecule has 2 heteroatoms. The molecule has 0 fully saturated rings. The Morgan fingerprint density at radius 3 is 2.67 bits per heavy atom. The van der Waals surface area contributed by atoms with Crippen molar-refractivity contribution in [3.8, 4) is 0 Å². The van der Waals surface area contributed by atoms with Crippen LogP contribution < -0.4 is 5.32 Å². The highest BCUT2D eigenvalue weighted by molar-refractivity contribution is 8.03. The van der Waals surface area contributed by atoms with Crippen LogP contribution >= 0.6 is 11.8 Å². The van der Waals surface area contributed by atoms with E-state index in [1.165, 1.54) is 17.2 Å². The van der Waals surface area contributed by atoms with Crippen molar-refractivity contribution in [3.63, 3.8) is 0 Å². The van der Waals surface area contributed by atoms with Gasteiger partial charge in [0.15, 0.2) is 0 Å². The minimum Gasteiger partial charge on any atom is -0.373 e. The molecular weight excluding hydrogens is 202 g/mol. The van der Waals surface area contributed by atoms with Gasteiger partial charge in [-0.15, -0.1) is 11.8 Å². The molecule has 0 bridgehead atoms. The molecule has 15 heavy (non-hydrogen) atoms. The van der Waals surface area contributed by atoms with E-state index in [0.29, 0.717) is 17.9 Å². The van der Waals surface area contributed by atoms with Gasteiger partial charge >= 0.3 is 0 Å². The van der Waals surface area contributed by atoms with Crippen LogP contribution in [-0.2, 0) is 0 Å². The maximum atomic E-state index is 3.67. The molecule has 0 saturated carbocycles. The third kappa shape index (κ3) is 2.10. The number of allylic oxidation sites excluding steroid dienone is 2. The predicted molar refractivity (Wildman–Crippen MR) is 68.8 cm³/mol. The molecule has 0 spiro atoms. The fourth-order valence-electron chi connectivity index (χ4n) is 2.25. The van der Waals surface area contributed by atoms with E-state index in [0.717, 1.165) is 0 Å². The third-order valence-electron chi connectivity index (χ3n) is 3.22. The van der Waals surface area contributed by atoms with Crippen molar-refractivity contribution >= 4 is 11.8 Å². The molecule has 2 rings (SSSR count). The first-order valence-electron chi connectivity index (χ1n) is 5.94. The average molecular weight is 223 g/mol. The fraction of sp³-hybridized carbons (Fsp3) is 0.692. The number of dihydropyridines is 1. The number of rotatable bonds is 2. The Labute approximate surface area is 97.4 Å². The Morgan fingerprint density at radius 2 is 2.07 bits per heavy atom. The lowest BCUT2D eigenvalue weighted by Gasteiger charge is -2.29. The van der Waals surface area contributed by atoms with E-state index in [9.17, 15) is 0 Å². The smallest absolute Gasteiger partial charge is 0.0721 e. The summed E-state index contributed by atoms with van der Waals surface area (Å²) in [6.45, 7) is 9.19. The first-order valence-corrected chi connectivity index (χ1v) is 6.92. The summed E-state index contributed by atoms with van der Waals surface area (Å²) in [6.07, 6.45) is 3.71. The lowest BCUT2D eigenvalue weighted by molar-refractivity contribution is 0.497. The average Bonchev–Trinajstić information content (AvgIpc) is 2.62. The summed E-state index contributed by atoms with van der Waals surface area (Å²) in [5, 5.41) is 5.12. The normalized spacial score (nSPS) is 25.7. The molecule has 84 valence electrons. The summed E-state index contributed by atoms with van der Waals surface area (Å²) in [4.78, 5) is 0. The Morgan fingerprint density at radius 1 is 1.33 bits per heavy atom. The van der Waals surface area contributed by atoms with Gasteiger partial charge in [0.2, 0.25) is 0 Å². The first kappa shape index (κ1) is 11.1. The Balaban J connectivity index is 2.29. The lowest BCUT2D eigenvalue weighted by Crippen LogP contribution is -2.34. The van der Waals surface area contributed by atoms with Gasteiger partial charge in [-0.1, -0.05) is 33.8 Å². The van der Waals surface area contributed by atoms with Crippen molar-refractivity contribution < 1.29 is 0 Å². The molecule has 0 aromatic rings. The van der Waals surface area contributed by atoms with Crippen LogP contribution in [0.3, 0.4) is 0 Å². The van der Waals surface area contributed by atoms with Crippen molar-refractivity contribution in [1.82, 2.24) is 5.32 Å². The quantitative estimate of drug-likeness (QED) is 0.768. The fourth-order valence-corrected chi connectivity index (χ4v) is 3.37. The molecular formula is C13H21NS. The Kier molecular flexibility index (Phi) is 3.15. The second kappa shape index (κ2) is 4.25. The summed E-state index contributed by atoms with van der Waals surface area (Å²) in [6, 6.07) is 0.534. The van der Waals surface area contributed by atoms with Gasteiger partial charge in [0.1, 0.15) is 0 Å². The van der Waals surface area contributed by atoms with Gasteiger partial charge in [-0.3, -0.25) is 0 Å². The van der Waals surface area contributed by atoms with E-state index in [2.05, 4.69) is 39.1 Å². The van der Waals surface area contributed by atoms with Gasteiger partial charge in [0, 0.05) is 11.8 Å². The molecule has 0 aliphatic carbocycles. The summed E-state index contributed by atoms with van der Waals surface area (Å²) < 4.78 is 0. The second-order valence-electron chi connectivity index (χ2n) is 5.10. The third-order valence-corrected chi connectivity index (χ3v) is 4.28. The highest BCUT2D eigenvalue weighted by Crippen LogP contribution is 2.40. The number of hydrogen-bond acceptors (Lipinski definition) is 2. The molecule has 0 amide bonds. The summed E-state index contributed by atoms with van der Waals surface area (Å²) >= 11 is 2.00. The van der Waals surface area contributed by atoms with Crippen molar-refractivity contribution in [2.24, 2.45) is 11.8 Å². The molecule has 2 aliphatic rings. The van der Waals surface area contributed by atoms with Crippen LogP contribution in [0.15, 0.2) is 22.3 Å². The first-order chi connectivity index (χ1) is 7.09. The minimum absolute atomic E-state index is 0.534. The van der Waals surface area contributed by atoms with Crippen LogP contribution in [0.5, 0.6) is 0 Å². The molecule has 1 unspecified atom stereocenters. The van der Waals surface area contributed by atoms with E-state index in [4.69, 9.17) is 0 Å². The van der Waals surface area contributed by atoms with Gasteiger partial charge < -0.3 is 5.32 Å². The van der Waals surface area contributed by atoms with Crippen LogP contribution in [-0.4, -0.2) is 11.8 Å². The molecule has 0 saturated heterocycles. The van der Waals surface area contributed by atoms with Crippen LogP contribution in [0.4, 0.5) is 0 Å². The SMILES string of the molecule is CC(C)C1=CC(C(C)C)NC2=C1CCS2. The van der Waals surface area contributed by atoms with Crippen molar-refractivity contribution in [2.75, 3.05) is 5.75 Å². The summed E-state index contributed by atoms with van der Waals surface area (Å²) in [5.41, 5.74) is 3.18.